The molecule has 5 heteroatoms. The van der Waals surface area contributed by atoms with E-state index in [1.54, 1.807) is 32.0 Å². The maximum Gasteiger partial charge on any atom is 0.179 e. The molecule has 0 saturated carbocycles. The summed E-state index contributed by atoms with van der Waals surface area (Å²) in [6.45, 7) is 3.60. The summed E-state index contributed by atoms with van der Waals surface area (Å²) in [4.78, 5) is 0.168. The minimum atomic E-state index is -3.36. The van der Waals surface area contributed by atoms with Gasteiger partial charge in [0.1, 0.15) is 0 Å². The average molecular weight is 286 g/mol. The van der Waals surface area contributed by atoms with E-state index < -0.39 is 15.3 Å². The van der Waals surface area contributed by atoms with Gasteiger partial charge in [-0.2, -0.15) is 5.26 Å². The van der Waals surface area contributed by atoms with Crippen molar-refractivity contribution in [3.05, 3.63) is 29.3 Å². The normalized spacial score (nSPS) is 12.1. The molecule has 3 nitrogen and oxygen atoms in total. The zero-order valence-corrected chi connectivity index (χ0v) is 12.1. The Bertz CT molecular complexity index is 559. The molecule has 0 aromatic heterocycles. The van der Waals surface area contributed by atoms with Crippen LogP contribution in [-0.2, 0) is 9.84 Å². The Labute approximate surface area is 113 Å². The average Bonchev–Trinajstić information content (AvgIpc) is 2.29. The summed E-state index contributed by atoms with van der Waals surface area (Å²) in [7, 11) is -3.36. The minimum absolute atomic E-state index is 0.0157. The Balaban J connectivity index is 2.74. The maximum atomic E-state index is 12.1. The van der Waals surface area contributed by atoms with Crippen molar-refractivity contribution in [3.8, 4) is 6.07 Å². The van der Waals surface area contributed by atoms with Gasteiger partial charge < -0.3 is 0 Å². The first kappa shape index (κ1) is 15.0. The molecule has 0 bridgehead atoms. The lowest BCUT2D eigenvalue weighted by Crippen LogP contribution is -2.13. The summed E-state index contributed by atoms with van der Waals surface area (Å²) in [5.41, 5.74) is -0.490. The third-order valence-corrected chi connectivity index (χ3v) is 4.98. The largest absolute Gasteiger partial charge is 0.224 e. The zero-order valence-electron chi connectivity index (χ0n) is 10.5. The molecule has 1 aromatic carbocycles. The fraction of sp³-hybridized carbons (Fsp3) is 0.462. The second-order valence-corrected chi connectivity index (χ2v) is 7.33. The third kappa shape index (κ3) is 4.01. The van der Waals surface area contributed by atoms with Crippen molar-refractivity contribution in [2.75, 3.05) is 5.75 Å². The molecule has 0 N–H and O–H groups in total. The molecule has 0 radical (unpaired) electrons. The molecule has 0 atom stereocenters. The molecule has 0 heterocycles. The first-order valence-electron chi connectivity index (χ1n) is 5.67. The number of nitrogens with zero attached hydrogens (tertiary/aromatic N) is 1. The lowest BCUT2D eigenvalue weighted by molar-refractivity contribution is 0.445. The smallest absolute Gasteiger partial charge is 0.179 e. The number of nitriles is 1. The van der Waals surface area contributed by atoms with Gasteiger partial charge in [0.15, 0.2) is 9.84 Å². The molecule has 0 aliphatic rings. The Kier molecular flexibility index (Phi) is 4.78. The van der Waals surface area contributed by atoms with Gasteiger partial charge in [-0.1, -0.05) is 23.7 Å². The summed E-state index contributed by atoms with van der Waals surface area (Å²) in [5, 5.41) is 9.11. The Morgan fingerprint density at radius 2 is 1.94 bits per heavy atom. The number of rotatable bonds is 5. The summed E-state index contributed by atoms with van der Waals surface area (Å²) >= 11 is 5.87. The van der Waals surface area contributed by atoms with Gasteiger partial charge in [-0.05, 0) is 38.8 Å². The fourth-order valence-corrected chi connectivity index (χ4v) is 3.45. The summed E-state index contributed by atoms with van der Waals surface area (Å²) in [5.74, 6) is 0.0157. The molecule has 98 valence electrons. The first-order chi connectivity index (χ1) is 8.28. The fourth-order valence-electron chi connectivity index (χ4n) is 1.57. The standard InChI is InChI=1S/C13H16ClNO2S/c1-13(2,10-15)8-5-9-18(16,17)12-7-4-3-6-11(12)14/h3-4,6-7H,5,8-9H2,1-2H3. The van der Waals surface area contributed by atoms with E-state index in [4.69, 9.17) is 16.9 Å². The lowest BCUT2D eigenvalue weighted by atomic mass is 9.90. The van der Waals surface area contributed by atoms with Gasteiger partial charge in [0, 0.05) is 0 Å². The van der Waals surface area contributed by atoms with Gasteiger partial charge in [-0.15, -0.1) is 0 Å². The van der Waals surface area contributed by atoms with Gasteiger partial charge in [0.2, 0.25) is 0 Å². The van der Waals surface area contributed by atoms with Crippen LogP contribution in [0.15, 0.2) is 29.2 Å². The van der Waals surface area contributed by atoms with Crippen molar-refractivity contribution in [2.45, 2.75) is 31.6 Å². The van der Waals surface area contributed by atoms with Crippen LogP contribution in [0.25, 0.3) is 0 Å². The molecule has 0 aliphatic carbocycles. The monoisotopic (exact) mass is 285 g/mol. The van der Waals surface area contributed by atoms with Crippen molar-refractivity contribution < 1.29 is 8.42 Å². The topological polar surface area (TPSA) is 57.9 Å². The van der Waals surface area contributed by atoms with E-state index in [1.807, 2.05) is 0 Å². The zero-order chi connectivity index (χ0) is 13.8. The van der Waals surface area contributed by atoms with Crippen LogP contribution in [-0.4, -0.2) is 14.2 Å². The molecule has 0 spiro atoms. The molecule has 1 rings (SSSR count). The first-order valence-corrected chi connectivity index (χ1v) is 7.70. The lowest BCUT2D eigenvalue weighted by Gasteiger charge is -2.14. The Morgan fingerprint density at radius 1 is 1.33 bits per heavy atom. The van der Waals surface area contributed by atoms with Gasteiger partial charge in [0.25, 0.3) is 0 Å². The van der Waals surface area contributed by atoms with Gasteiger partial charge in [0.05, 0.1) is 27.2 Å². The maximum absolute atomic E-state index is 12.1. The van der Waals surface area contributed by atoms with Crippen LogP contribution in [0, 0.1) is 16.7 Å². The van der Waals surface area contributed by atoms with Crippen LogP contribution in [0.2, 0.25) is 5.02 Å². The highest BCUT2D eigenvalue weighted by molar-refractivity contribution is 7.91. The second-order valence-electron chi connectivity index (χ2n) is 4.85. The van der Waals surface area contributed by atoms with Crippen molar-refractivity contribution in [2.24, 2.45) is 5.41 Å². The van der Waals surface area contributed by atoms with Crippen LogP contribution >= 0.6 is 11.6 Å². The van der Waals surface area contributed by atoms with E-state index in [9.17, 15) is 8.42 Å². The van der Waals surface area contributed by atoms with Crippen molar-refractivity contribution in [3.63, 3.8) is 0 Å². The molecular weight excluding hydrogens is 270 g/mol. The number of hydrogen-bond donors (Lipinski definition) is 0. The molecule has 0 amide bonds. The quantitative estimate of drug-likeness (QED) is 0.832. The molecule has 0 fully saturated rings. The molecular formula is C13H16ClNO2S. The summed E-state index contributed by atoms with van der Waals surface area (Å²) in [6, 6.07) is 8.57. The van der Waals surface area contributed by atoms with E-state index in [0.29, 0.717) is 12.8 Å². The van der Waals surface area contributed by atoms with E-state index >= 15 is 0 Å². The Morgan fingerprint density at radius 3 is 2.50 bits per heavy atom. The second kappa shape index (κ2) is 5.73. The Hall–Kier alpha value is -1.05. The molecule has 18 heavy (non-hydrogen) atoms. The SMILES string of the molecule is CC(C)(C#N)CCCS(=O)(=O)c1ccccc1Cl. The van der Waals surface area contributed by atoms with Gasteiger partial charge in [-0.25, -0.2) is 8.42 Å². The van der Waals surface area contributed by atoms with Crippen LogP contribution < -0.4 is 0 Å². The van der Waals surface area contributed by atoms with Crippen LogP contribution in [0.4, 0.5) is 0 Å². The van der Waals surface area contributed by atoms with Crippen LogP contribution in [0.1, 0.15) is 26.7 Å². The number of hydrogen-bond acceptors (Lipinski definition) is 3. The minimum Gasteiger partial charge on any atom is -0.224 e. The van der Waals surface area contributed by atoms with Crippen molar-refractivity contribution in [1.82, 2.24) is 0 Å². The van der Waals surface area contributed by atoms with Gasteiger partial charge >= 0.3 is 0 Å². The molecule has 0 unspecified atom stereocenters. The highest BCUT2D eigenvalue weighted by Gasteiger charge is 2.21. The van der Waals surface area contributed by atoms with E-state index in [1.165, 1.54) is 6.07 Å². The van der Waals surface area contributed by atoms with E-state index in [-0.39, 0.29) is 15.7 Å². The molecule has 1 aromatic rings. The van der Waals surface area contributed by atoms with Crippen molar-refractivity contribution >= 4 is 21.4 Å². The molecule has 0 aliphatic heterocycles. The molecule has 0 saturated heterocycles. The van der Waals surface area contributed by atoms with E-state index in [2.05, 4.69) is 6.07 Å². The van der Waals surface area contributed by atoms with Crippen LogP contribution in [0.3, 0.4) is 0 Å². The third-order valence-electron chi connectivity index (χ3n) is 2.69. The predicted molar refractivity (Wildman–Crippen MR) is 72.1 cm³/mol. The number of benzene rings is 1. The summed E-state index contributed by atoms with van der Waals surface area (Å²) in [6.07, 6.45) is 1.00. The van der Waals surface area contributed by atoms with Crippen LogP contribution in [0.5, 0.6) is 0 Å². The highest BCUT2D eigenvalue weighted by Crippen LogP contribution is 2.25. The van der Waals surface area contributed by atoms with E-state index in [0.717, 1.165) is 0 Å². The highest BCUT2D eigenvalue weighted by atomic mass is 35.5. The summed E-state index contributed by atoms with van der Waals surface area (Å²) < 4.78 is 24.1. The predicted octanol–water partition coefficient (Wildman–Crippen LogP) is 3.44. The number of sulfone groups is 1. The number of halogens is 1. The van der Waals surface area contributed by atoms with Gasteiger partial charge in [-0.3, -0.25) is 0 Å². The van der Waals surface area contributed by atoms with Crippen molar-refractivity contribution in [1.29, 1.82) is 5.26 Å².